The van der Waals surface area contributed by atoms with Gasteiger partial charge < -0.3 is 10.1 Å². The first-order valence-electron chi connectivity index (χ1n) is 9.41. The second-order valence-electron chi connectivity index (χ2n) is 7.36. The summed E-state index contributed by atoms with van der Waals surface area (Å²) in [5.41, 5.74) is 1.85. The minimum Gasteiger partial charge on any atom is -0.371 e. The second kappa shape index (κ2) is 7.76. The van der Waals surface area contributed by atoms with Crippen molar-refractivity contribution in [1.29, 1.82) is 0 Å². The fourth-order valence-corrected chi connectivity index (χ4v) is 3.86. The van der Waals surface area contributed by atoms with E-state index in [0.717, 1.165) is 29.7 Å². The molecule has 0 radical (unpaired) electrons. The number of ether oxygens (including phenoxy) is 1. The molecule has 0 aliphatic carbocycles. The van der Waals surface area contributed by atoms with Crippen molar-refractivity contribution in [2.75, 3.05) is 26.2 Å². The number of benzene rings is 2. The molecule has 1 saturated heterocycles. The number of nitrogens with one attached hydrogen (secondary N) is 1. The number of morpholine rings is 1. The number of alkyl halides is 3. The Hall–Kier alpha value is -2.45. The van der Waals surface area contributed by atoms with Crippen LogP contribution in [-0.2, 0) is 23.9 Å². The predicted octanol–water partition coefficient (Wildman–Crippen LogP) is 3.70. The Bertz CT molecular complexity index is 929. The summed E-state index contributed by atoms with van der Waals surface area (Å²) in [6, 6.07) is 8.23. The summed E-state index contributed by atoms with van der Waals surface area (Å²) >= 11 is 0. The molecule has 0 bridgehead atoms. The zero-order valence-electron chi connectivity index (χ0n) is 15.6. The second-order valence-corrected chi connectivity index (χ2v) is 7.36. The average molecular weight is 408 g/mol. The van der Waals surface area contributed by atoms with Crippen molar-refractivity contribution in [2.24, 2.45) is 0 Å². The number of amides is 1. The molecule has 2 heterocycles. The zero-order valence-corrected chi connectivity index (χ0v) is 15.6. The number of hydrogen-bond acceptors (Lipinski definition) is 3. The van der Waals surface area contributed by atoms with Crippen LogP contribution < -0.4 is 5.32 Å². The molecule has 1 N–H and O–H groups in total. The number of carbonyl (C=O) groups excluding carboxylic acids is 1. The number of nitrogens with zero attached hydrogens (tertiary/aromatic N) is 1. The van der Waals surface area contributed by atoms with E-state index in [1.54, 1.807) is 6.07 Å². The van der Waals surface area contributed by atoms with Gasteiger partial charge in [-0.2, -0.15) is 13.2 Å². The number of halogens is 4. The molecule has 2 aromatic rings. The summed E-state index contributed by atoms with van der Waals surface area (Å²) in [7, 11) is 0. The molecule has 1 amide bonds. The van der Waals surface area contributed by atoms with Crippen LogP contribution in [0.25, 0.3) is 0 Å². The highest BCUT2D eigenvalue weighted by Crippen LogP contribution is 2.31. The van der Waals surface area contributed by atoms with E-state index in [1.165, 1.54) is 0 Å². The fourth-order valence-electron chi connectivity index (χ4n) is 3.86. The topological polar surface area (TPSA) is 41.6 Å². The molecule has 154 valence electrons. The third-order valence-corrected chi connectivity index (χ3v) is 5.27. The molecule has 0 unspecified atom stereocenters. The van der Waals surface area contributed by atoms with Crippen LogP contribution >= 0.6 is 0 Å². The molecule has 1 atom stereocenters. The maximum Gasteiger partial charge on any atom is 0.416 e. The van der Waals surface area contributed by atoms with Crippen molar-refractivity contribution in [3.05, 3.63) is 70.0 Å². The van der Waals surface area contributed by atoms with E-state index in [4.69, 9.17) is 4.74 Å². The highest BCUT2D eigenvalue weighted by atomic mass is 19.4. The van der Waals surface area contributed by atoms with Crippen LogP contribution in [0.3, 0.4) is 0 Å². The van der Waals surface area contributed by atoms with E-state index in [0.29, 0.717) is 37.9 Å². The SMILES string of the molecule is O=C1NCCc2cc([C@@H]3CN(Cc4cc(F)cc(C(F)(F)F)c4)CCO3)ccc21. The molecular weight excluding hydrogens is 388 g/mol. The van der Waals surface area contributed by atoms with Gasteiger partial charge in [0.1, 0.15) is 5.82 Å². The largest absolute Gasteiger partial charge is 0.416 e. The molecule has 4 rings (SSSR count). The van der Waals surface area contributed by atoms with Crippen molar-refractivity contribution in [2.45, 2.75) is 25.2 Å². The number of fused-ring (bicyclic) bond motifs is 1. The van der Waals surface area contributed by atoms with Gasteiger partial charge in [0, 0.05) is 31.7 Å². The van der Waals surface area contributed by atoms with Crippen molar-refractivity contribution in [3.63, 3.8) is 0 Å². The Kier molecular flexibility index (Phi) is 5.31. The monoisotopic (exact) mass is 408 g/mol. The maximum absolute atomic E-state index is 13.7. The lowest BCUT2D eigenvalue weighted by Gasteiger charge is -2.33. The molecule has 2 aliphatic heterocycles. The van der Waals surface area contributed by atoms with Gasteiger partial charge in [-0.25, -0.2) is 4.39 Å². The van der Waals surface area contributed by atoms with Crippen LogP contribution in [0.15, 0.2) is 36.4 Å². The van der Waals surface area contributed by atoms with E-state index in [1.807, 2.05) is 17.0 Å². The Morgan fingerprint density at radius 3 is 2.79 bits per heavy atom. The molecule has 1 fully saturated rings. The predicted molar refractivity (Wildman–Crippen MR) is 97.9 cm³/mol. The van der Waals surface area contributed by atoms with Crippen LogP contribution in [0.2, 0.25) is 0 Å². The smallest absolute Gasteiger partial charge is 0.371 e. The summed E-state index contributed by atoms with van der Waals surface area (Å²) in [6.45, 7) is 2.23. The first-order valence-corrected chi connectivity index (χ1v) is 9.41. The highest BCUT2D eigenvalue weighted by Gasteiger charge is 2.32. The molecule has 0 spiro atoms. The van der Waals surface area contributed by atoms with E-state index in [2.05, 4.69) is 5.32 Å². The van der Waals surface area contributed by atoms with Gasteiger partial charge in [-0.15, -0.1) is 0 Å². The van der Waals surface area contributed by atoms with Crippen molar-refractivity contribution < 1.29 is 27.1 Å². The number of carbonyl (C=O) groups is 1. The summed E-state index contributed by atoms with van der Waals surface area (Å²) in [6.07, 6.45) is -4.09. The summed E-state index contributed by atoms with van der Waals surface area (Å²) in [4.78, 5) is 13.8. The molecule has 4 nitrogen and oxygen atoms in total. The molecule has 0 saturated carbocycles. The first-order chi connectivity index (χ1) is 13.8. The number of hydrogen-bond donors (Lipinski definition) is 1. The third-order valence-electron chi connectivity index (χ3n) is 5.27. The summed E-state index contributed by atoms with van der Waals surface area (Å²) < 4.78 is 58.4. The van der Waals surface area contributed by atoms with Gasteiger partial charge in [0.2, 0.25) is 0 Å². The molecule has 8 heteroatoms. The quantitative estimate of drug-likeness (QED) is 0.788. The zero-order chi connectivity index (χ0) is 20.6. The standard InChI is InChI=1S/C21H20F4N2O2/c22-17-8-13(7-16(10-17)21(23,24)25)11-27-5-6-29-19(12-27)15-1-2-18-14(9-15)3-4-26-20(18)28/h1-2,7-10,19H,3-6,11-12H2,(H,26,28)/t19-/m0/s1. The molecule has 29 heavy (non-hydrogen) atoms. The third kappa shape index (κ3) is 4.43. The highest BCUT2D eigenvalue weighted by molar-refractivity contribution is 5.96. The fraction of sp³-hybridized carbons (Fsp3) is 0.381. The van der Waals surface area contributed by atoms with E-state index in [9.17, 15) is 22.4 Å². The van der Waals surface area contributed by atoms with Crippen LogP contribution in [0, 0.1) is 5.82 Å². The molecule has 2 aromatic carbocycles. The van der Waals surface area contributed by atoms with Crippen LogP contribution in [-0.4, -0.2) is 37.0 Å². The summed E-state index contributed by atoms with van der Waals surface area (Å²) in [5, 5.41) is 2.80. The van der Waals surface area contributed by atoms with Crippen LogP contribution in [0.4, 0.5) is 17.6 Å². The Labute approximate surface area is 165 Å². The van der Waals surface area contributed by atoms with E-state index < -0.39 is 17.6 Å². The Morgan fingerprint density at radius 2 is 2.00 bits per heavy atom. The summed E-state index contributed by atoms with van der Waals surface area (Å²) in [5.74, 6) is -0.983. The van der Waals surface area contributed by atoms with Gasteiger partial charge in [0.15, 0.2) is 0 Å². The molecule has 2 aliphatic rings. The normalized spacial score (nSPS) is 20.3. The maximum atomic E-state index is 13.7. The van der Waals surface area contributed by atoms with Crippen LogP contribution in [0.5, 0.6) is 0 Å². The van der Waals surface area contributed by atoms with Gasteiger partial charge in [-0.3, -0.25) is 9.69 Å². The average Bonchev–Trinajstić information content (AvgIpc) is 2.67. The van der Waals surface area contributed by atoms with E-state index in [-0.39, 0.29) is 24.1 Å². The minimum absolute atomic E-state index is 0.0874. The van der Waals surface area contributed by atoms with Gasteiger partial charge >= 0.3 is 6.18 Å². The number of rotatable bonds is 3. The van der Waals surface area contributed by atoms with Gasteiger partial charge in [-0.05, 0) is 47.4 Å². The van der Waals surface area contributed by atoms with Crippen molar-refractivity contribution >= 4 is 5.91 Å². The lowest BCUT2D eigenvalue weighted by molar-refractivity contribution is -0.137. The van der Waals surface area contributed by atoms with Gasteiger partial charge in [0.25, 0.3) is 5.91 Å². The Balaban J connectivity index is 1.49. The van der Waals surface area contributed by atoms with Crippen molar-refractivity contribution in [3.8, 4) is 0 Å². The van der Waals surface area contributed by atoms with Gasteiger partial charge in [-0.1, -0.05) is 12.1 Å². The minimum atomic E-state index is -4.58. The van der Waals surface area contributed by atoms with E-state index >= 15 is 0 Å². The van der Waals surface area contributed by atoms with Crippen LogP contribution in [0.1, 0.15) is 38.7 Å². The first kappa shape index (κ1) is 19.8. The lowest BCUT2D eigenvalue weighted by Crippen LogP contribution is -2.38. The van der Waals surface area contributed by atoms with Gasteiger partial charge in [0.05, 0.1) is 18.3 Å². The lowest BCUT2D eigenvalue weighted by atomic mass is 9.95. The molecule has 0 aromatic heterocycles. The van der Waals surface area contributed by atoms with Crippen molar-refractivity contribution in [1.82, 2.24) is 10.2 Å². The Morgan fingerprint density at radius 1 is 1.17 bits per heavy atom. The molecular formula is C21H20F4N2O2.